The average molecular weight is 215 g/mol. The van der Waals surface area contributed by atoms with E-state index in [-0.39, 0.29) is 0 Å². The normalized spacial score (nSPS) is 9.44. The molecule has 0 heterocycles. The van der Waals surface area contributed by atoms with E-state index in [0.29, 0.717) is 0 Å². The monoisotopic (exact) mass is 215 g/mol. The highest BCUT2D eigenvalue weighted by Crippen LogP contribution is 2.11. The molecule has 0 aliphatic carbocycles. The second-order valence-electron chi connectivity index (χ2n) is 4.20. The molecule has 0 unspecified atom stereocenters. The summed E-state index contributed by atoms with van der Waals surface area (Å²) < 4.78 is 0. The van der Waals surface area contributed by atoms with Gasteiger partial charge < -0.3 is 4.90 Å². The van der Waals surface area contributed by atoms with Crippen LogP contribution in [-0.2, 0) is 0 Å². The smallest absolute Gasteiger partial charge is 0.0361 e. The summed E-state index contributed by atoms with van der Waals surface area (Å²) in [5, 5.41) is 0. The quantitative estimate of drug-likeness (QED) is 0.547. The number of rotatable bonds is 4. The molecular weight excluding hydrogens is 194 g/mol. The molecule has 1 rings (SSSR count). The predicted molar refractivity (Wildman–Crippen MR) is 71.8 cm³/mol. The summed E-state index contributed by atoms with van der Waals surface area (Å²) in [4.78, 5) is 2.10. The van der Waals surface area contributed by atoms with Crippen LogP contribution < -0.4 is 4.90 Å². The van der Waals surface area contributed by atoms with Crippen LogP contribution in [0.2, 0.25) is 0 Å². The van der Waals surface area contributed by atoms with Gasteiger partial charge in [-0.2, -0.15) is 0 Å². The largest absolute Gasteiger partial charge is 0.378 e. The van der Waals surface area contributed by atoms with Gasteiger partial charge >= 0.3 is 0 Å². The van der Waals surface area contributed by atoms with Crippen molar-refractivity contribution in [3.63, 3.8) is 0 Å². The third-order valence-electron chi connectivity index (χ3n) is 2.52. The van der Waals surface area contributed by atoms with Crippen LogP contribution in [0.4, 0.5) is 5.69 Å². The van der Waals surface area contributed by atoms with Gasteiger partial charge in [0.15, 0.2) is 0 Å². The lowest BCUT2D eigenvalue weighted by Crippen LogP contribution is -2.07. The predicted octanol–water partition coefficient (Wildman–Crippen LogP) is 3.68. The second kappa shape index (κ2) is 6.95. The number of unbranched alkanes of at least 4 members (excludes halogenated alkanes) is 3. The topological polar surface area (TPSA) is 3.24 Å². The molecule has 0 N–H and O–H groups in total. The molecule has 0 fully saturated rings. The van der Waals surface area contributed by atoms with Crippen molar-refractivity contribution in [3.05, 3.63) is 29.8 Å². The van der Waals surface area contributed by atoms with Crippen molar-refractivity contribution in [3.8, 4) is 11.8 Å². The highest BCUT2D eigenvalue weighted by molar-refractivity contribution is 5.49. The van der Waals surface area contributed by atoms with E-state index < -0.39 is 0 Å². The molecular formula is C15H21N. The summed E-state index contributed by atoms with van der Waals surface area (Å²) in [7, 11) is 4.09. The zero-order valence-electron chi connectivity index (χ0n) is 10.6. The summed E-state index contributed by atoms with van der Waals surface area (Å²) in [5.41, 5.74) is 2.33. The molecule has 16 heavy (non-hydrogen) atoms. The summed E-state index contributed by atoms with van der Waals surface area (Å²) in [6, 6.07) is 8.39. The fourth-order valence-corrected chi connectivity index (χ4v) is 1.47. The lowest BCUT2D eigenvalue weighted by Gasteiger charge is -2.11. The molecule has 0 aromatic heterocycles. The van der Waals surface area contributed by atoms with Gasteiger partial charge in [-0.1, -0.05) is 31.6 Å². The molecule has 0 saturated heterocycles. The number of anilines is 1. The van der Waals surface area contributed by atoms with Gasteiger partial charge in [-0.3, -0.25) is 0 Å². The van der Waals surface area contributed by atoms with Crippen LogP contribution in [0, 0.1) is 11.8 Å². The van der Waals surface area contributed by atoms with Gasteiger partial charge in [0, 0.05) is 31.8 Å². The first-order valence-corrected chi connectivity index (χ1v) is 6.00. The highest BCUT2D eigenvalue weighted by atomic mass is 15.1. The fraction of sp³-hybridized carbons (Fsp3) is 0.467. The molecule has 0 atom stereocenters. The highest BCUT2D eigenvalue weighted by Gasteiger charge is 1.93. The number of hydrogen-bond donors (Lipinski definition) is 0. The Morgan fingerprint density at radius 2 is 1.75 bits per heavy atom. The summed E-state index contributed by atoms with van der Waals surface area (Å²) in [6.45, 7) is 2.22. The van der Waals surface area contributed by atoms with Gasteiger partial charge in [-0.15, -0.1) is 0 Å². The van der Waals surface area contributed by atoms with E-state index in [1.807, 2.05) is 14.1 Å². The van der Waals surface area contributed by atoms with Crippen LogP contribution >= 0.6 is 0 Å². The molecule has 0 radical (unpaired) electrons. The van der Waals surface area contributed by atoms with Gasteiger partial charge in [0.2, 0.25) is 0 Å². The van der Waals surface area contributed by atoms with Crippen molar-refractivity contribution in [1.29, 1.82) is 0 Å². The van der Waals surface area contributed by atoms with Crippen molar-refractivity contribution in [2.24, 2.45) is 0 Å². The van der Waals surface area contributed by atoms with Crippen LogP contribution in [0.5, 0.6) is 0 Å². The Hall–Kier alpha value is -1.42. The first kappa shape index (κ1) is 12.6. The Morgan fingerprint density at radius 3 is 2.31 bits per heavy atom. The molecule has 86 valence electrons. The van der Waals surface area contributed by atoms with Gasteiger partial charge in [-0.25, -0.2) is 0 Å². The van der Waals surface area contributed by atoms with Crippen molar-refractivity contribution in [2.45, 2.75) is 32.6 Å². The molecule has 0 aliphatic rings. The van der Waals surface area contributed by atoms with Gasteiger partial charge in [0.1, 0.15) is 0 Å². The van der Waals surface area contributed by atoms with Gasteiger partial charge in [0.25, 0.3) is 0 Å². The molecule has 1 heteroatoms. The molecule has 0 amide bonds. The third-order valence-corrected chi connectivity index (χ3v) is 2.52. The Morgan fingerprint density at radius 1 is 1.06 bits per heavy atom. The van der Waals surface area contributed by atoms with Crippen LogP contribution in [0.15, 0.2) is 24.3 Å². The average Bonchev–Trinajstić information content (AvgIpc) is 2.29. The van der Waals surface area contributed by atoms with E-state index in [9.17, 15) is 0 Å². The first-order chi connectivity index (χ1) is 7.74. The summed E-state index contributed by atoms with van der Waals surface area (Å²) >= 11 is 0. The van der Waals surface area contributed by atoms with Crippen molar-refractivity contribution < 1.29 is 0 Å². The maximum atomic E-state index is 3.22. The standard InChI is InChI=1S/C15H21N/c1-4-5-6-7-8-9-14-10-12-15(13-11-14)16(2)3/h10-13H,4-7H2,1-3H3. The molecule has 0 spiro atoms. The number of hydrogen-bond acceptors (Lipinski definition) is 1. The fourth-order valence-electron chi connectivity index (χ4n) is 1.47. The third kappa shape index (κ3) is 4.40. The van der Waals surface area contributed by atoms with E-state index in [0.717, 1.165) is 12.0 Å². The van der Waals surface area contributed by atoms with E-state index in [4.69, 9.17) is 0 Å². The molecule has 1 aromatic carbocycles. The van der Waals surface area contributed by atoms with Gasteiger partial charge in [0.05, 0.1) is 0 Å². The van der Waals surface area contributed by atoms with Crippen molar-refractivity contribution >= 4 is 5.69 Å². The molecule has 0 saturated carbocycles. The minimum absolute atomic E-state index is 1.02. The number of benzene rings is 1. The number of nitrogens with zero attached hydrogens (tertiary/aromatic N) is 1. The van der Waals surface area contributed by atoms with Crippen LogP contribution in [0.1, 0.15) is 38.2 Å². The second-order valence-corrected chi connectivity index (χ2v) is 4.20. The molecule has 1 nitrogen and oxygen atoms in total. The van der Waals surface area contributed by atoms with E-state index in [2.05, 4.69) is 47.9 Å². The maximum Gasteiger partial charge on any atom is 0.0361 e. The zero-order chi connectivity index (χ0) is 11.8. The summed E-state index contributed by atoms with van der Waals surface area (Å²) in [6.07, 6.45) is 4.79. The Balaban J connectivity index is 2.48. The van der Waals surface area contributed by atoms with Crippen LogP contribution in [0.3, 0.4) is 0 Å². The lowest BCUT2D eigenvalue weighted by molar-refractivity contribution is 0.737. The van der Waals surface area contributed by atoms with Crippen LogP contribution in [-0.4, -0.2) is 14.1 Å². The Bertz CT molecular complexity index is 351. The molecule has 0 bridgehead atoms. The SMILES string of the molecule is CCCCCC#Cc1ccc(N(C)C)cc1. The first-order valence-electron chi connectivity index (χ1n) is 6.00. The van der Waals surface area contributed by atoms with Crippen LogP contribution in [0.25, 0.3) is 0 Å². The maximum absolute atomic E-state index is 3.22. The minimum atomic E-state index is 1.02. The minimum Gasteiger partial charge on any atom is -0.378 e. The zero-order valence-corrected chi connectivity index (χ0v) is 10.6. The van der Waals surface area contributed by atoms with E-state index >= 15 is 0 Å². The van der Waals surface area contributed by atoms with E-state index in [1.54, 1.807) is 0 Å². The van der Waals surface area contributed by atoms with Crippen molar-refractivity contribution in [1.82, 2.24) is 0 Å². The molecule has 1 aromatic rings. The van der Waals surface area contributed by atoms with Gasteiger partial charge in [-0.05, 0) is 30.7 Å². The Labute approximate surface area is 99.5 Å². The van der Waals surface area contributed by atoms with Crippen molar-refractivity contribution in [2.75, 3.05) is 19.0 Å². The lowest BCUT2D eigenvalue weighted by atomic mass is 10.1. The Kier molecular flexibility index (Phi) is 5.50. The molecule has 0 aliphatic heterocycles. The summed E-state index contributed by atoms with van der Waals surface area (Å²) in [5.74, 6) is 6.42. The van der Waals surface area contributed by atoms with E-state index in [1.165, 1.54) is 24.9 Å².